The van der Waals surface area contributed by atoms with Gasteiger partial charge in [0.15, 0.2) is 0 Å². The van der Waals surface area contributed by atoms with Gasteiger partial charge in [-0.2, -0.15) is 0 Å². The van der Waals surface area contributed by atoms with Gasteiger partial charge in [-0.1, -0.05) is 54.0 Å². The molecule has 0 aromatic heterocycles. The van der Waals surface area contributed by atoms with E-state index in [1.54, 1.807) is 0 Å². The lowest BCUT2D eigenvalue weighted by Gasteiger charge is -2.13. The number of hydrogen-bond acceptors (Lipinski definition) is 0. The van der Waals surface area contributed by atoms with Crippen LogP contribution in [0.5, 0.6) is 0 Å². The van der Waals surface area contributed by atoms with E-state index >= 15 is 0 Å². The zero-order chi connectivity index (χ0) is 9.10. The maximum absolute atomic E-state index is 2.27. The molecule has 1 atom stereocenters. The summed E-state index contributed by atoms with van der Waals surface area (Å²) in [5, 5.41) is 0. The molecule has 1 unspecified atom stereocenters. The van der Waals surface area contributed by atoms with E-state index in [9.17, 15) is 0 Å². The minimum absolute atomic E-state index is 0.589. The van der Waals surface area contributed by atoms with Crippen LogP contribution in [-0.2, 0) is 0 Å². The van der Waals surface area contributed by atoms with Crippen LogP contribution < -0.4 is 5.46 Å². The summed E-state index contributed by atoms with van der Waals surface area (Å²) in [4.78, 5) is 0. The van der Waals surface area contributed by atoms with Gasteiger partial charge in [-0.25, -0.2) is 0 Å². The molecule has 0 spiro atoms. The Morgan fingerprint density at radius 1 is 1.08 bits per heavy atom. The number of allylic oxidation sites excluding steroid dienone is 4. The monoisotopic (exact) mass is 168 g/mol. The van der Waals surface area contributed by atoms with Crippen molar-refractivity contribution in [3.63, 3.8) is 0 Å². The van der Waals surface area contributed by atoms with Crippen LogP contribution in [0.15, 0.2) is 48.6 Å². The molecular weight excluding hydrogens is 155 g/mol. The van der Waals surface area contributed by atoms with Gasteiger partial charge in [0.2, 0.25) is 0 Å². The Hall–Kier alpha value is -1.24. The topological polar surface area (TPSA) is 0 Å². The molecule has 13 heavy (non-hydrogen) atoms. The highest BCUT2D eigenvalue weighted by Gasteiger charge is 2.06. The predicted molar refractivity (Wildman–Crippen MR) is 60.3 cm³/mol. The molecule has 1 heteroatoms. The molecule has 0 saturated heterocycles. The second kappa shape index (κ2) is 3.65. The fourth-order valence-corrected chi connectivity index (χ4v) is 1.64. The van der Waals surface area contributed by atoms with Crippen molar-refractivity contribution in [1.29, 1.82) is 0 Å². The van der Waals surface area contributed by atoms with E-state index in [-0.39, 0.29) is 0 Å². The second-order valence-electron chi connectivity index (χ2n) is 3.57. The van der Waals surface area contributed by atoms with Gasteiger partial charge in [-0.05, 0) is 12.0 Å². The molecule has 1 aliphatic carbocycles. The van der Waals surface area contributed by atoms with E-state index in [0.717, 1.165) is 6.42 Å². The normalized spacial score (nSPS) is 20.5. The third-order valence-corrected chi connectivity index (χ3v) is 2.49. The summed E-state index contributed by atoms with van der Waals surface area (Å²) in [7, 11) is 2.13. The van der Waals surface area contributed by atoms with Crippen molar-refractivity contribution >= 4 is 13.3 Å². The summed E-state index contributed by atoms with van der Waals surface area (Å²) in [6, 6.07) is 8.82. The summed E-state index contributed by atoms with van der Waals surface area (Å²) in [6.07, 6.45) is 9.88. The van der Waals surface area contributed by atoms with E-state index < -0.39 is 0 Å². The van der Waals surface area contributed by atoms with Gasteiger partial charge in [0.05, 0.1) is 0 Å². The van der Waals surface area contributed by atoms with Gasteiger partial charge >= 0.3 is 0 Å². The van der Waals surface area contributed by atoms with Crippen molar-refractivity contribution in [2.45, 2.75) is 12.3 Å². The average Bonchev–Trinajstić information content (AvgIpc) is 2.20. The Bertz CT molecular complexity index is 333. The molecule has 0 N–H and O–H groups in total. The minimum atomic E-state index is 0.589. The van der Waals surface area contributed by atoms with Crippen molar-refractivity contribution in [2.75, 3.05) is 0 Å². The molecule has 1 aromatic carbocycles. The van der Waals surface area contributed by atoms with Crippen LogP contribution in [0, 0.1) is 0 Å². The van der Waals surface area contributed by atoms with Crippen LogP contribution >= 0.6 is 0 Å². The van der Waals surface area contributed by atoms with Gasteiger partial charge in [-0.15, -0.1) is 0 Å². The molecule has 0 saturated carbocycles. The van der Waals surface area contributed by atoms with Crippen LogP contribution in [0.4, 0.5) is 0 Å². The summed E-state index contributed by atoms with van der Waals surface area (Å²) >= 11 is 0. The molecule has 0 radical (unpaired) electrons. The Balaban J connectivity index is 2.21. The van der Waals surface area contributed by atoms with Gasteiger partial charge < -0.3 is 0 Å². The SMILES string of the molecule is Bc1ccc(C2C=CC=CC2)cc1. The highest BCUT2D eigenvalue weighted by Crippen LogP contribution is 2.23. The Labute approximate surface area is 80.4 Å². The molecule has 1 aromatic rings. The standard InChI is InChI=1S/C12H13B/c13-12-8-6-11(7-9-12)10-4-2-1-3-5-10/h1-4,6-10H,5,13H2. The first kappa shape index (κ1) is 8.37. The Morgan fingerprint density at radius 2 is 1.85 bits per heavy atom. The summed E-state index contributed by atoms with van der Waals surface area (Å²) in [5.74, 6) is 0.589. The minimum Gasteiger partial charge on any atom is -0.0889 e. The van der Waals surface area contributed by atoms with E-state index in [1.165, 1.54) is 11.0 Å². The molecule has 0 amide bonds. The van der Waals surface area contributed by atoms with Crippen molar-refractivity contribution < 1.29 is 0 Å². The molecule has 0 aliphatic heterocycles. The van der Waals surface area contributed by atoms with Crippen molar-refractivity contribution in [3.8, 4) is 0 Å². The van der Waals surface area contributed by atoms with Crippen LogP contribution in [-0.4, -0.2) is 7.85 Å². The number of hydrogen-bond donors (Lipinski definition) is 0. The lowest BCUT2D eigenvalue weighted by atomic mass is 9.89. The second-order valence-corrected chi connectivity index (χ2v) is 3.57. The van der Waals surface area contributed by atoms with E-state index in [1.807, 2.05) is 0 Å². The van der Waals surface area contributed by atoms with E-state index in [0.29, 0.717) is 5.92 Å². The molecule has 2 rings (SSSR count). The van der Waals surface area contributed by atoms with Crippen molar-refractivity contribution in [2.24, 2.45) is 0 Å². The first-order valence-electron chi connectivity index (χ1n) is 4.76. The highest BCUT2D eigenvalue weighted by molar-refractivity contribution is 6.32. The smallest absolute Gasteiger partial charge is 0.0889 e. The summed E-state index contributed by atoms with van der Waals surface area (Å²) in [6.45, 7) is 0. The fraction of sp³-hybridized carbons (Fsp3) is 0.167. The Morgan fingerprint density at radius 3 is 2.46 bits per heavy atom. The largest absolute Gasteiger partial charge is 0.139 e. The maximum atomic E-state index is 2.27. The summed E-state index contributed by atoms with van der Waals surface area (Å²) < 4.78 is 0. The molecule has 1 aliphatic rings. The van der Waals surface area contributed by atoms with Gasteiger partial charge in [0, 0.05) is 5.92 Å². The zero-order valence-corrected chi connectivity index (χ0v) is 7.90. The van der Waals surface area contributed by atoms with Crippen LogP contribution in [0.2, 0.25) is 0 Å². The van der Waals surface area contributed by atoms with Crippen LogP contribution in [0.25, 0.3) is 0 Å². The molecular formula is C12H13B. The first-order valence-corrected chi connectivity index (χ1v) is 4.76. The Kier molecular flexibility index (Phi) is 2.35. The molecule has 64 valence electrons. The molecule has 0 nitrogen and oxygen atoms in total. The number of benzene rings is 1. The van der Waals surface area contributed by atoms with Gasteiger partial charge in [0.1, 0.15) is 7.85 Å². The number of rotatable bonds is 1. The average molecular weight is 168 g/mol. The van der Waals surface area contributed by atoms with E-state index in [2.05, 4.69) is 56.4 Å². The molecule has 0 fully saturated rings. The third kappa shape index (κ3) is 1.92. The molecule has 0 heterocycles. The van der Waals surface area contributed by atoms with Crippen LogP contribution in [0.1, 0.15) is 17.9 Å². The fourth-order valence-electron chi connectivity index (χ4n) is 1.64. The third-order valence-electron chi connectivity index (χ3n) is 2.49. The first-order chi connectivity index (χ1) is 6.36. The predicted octanol–water partition coefficient (Wildman–Crippen LogP) is 1.54. The van der Waals surface area contributed by atoms with Crippen molar-refractivity contribution in [1.82, 2.24) is 0 Å². The highest BCUT2D eigenvalue weighted by atomic mass is 14.1. The maximum Gasteiger partial charge on any atom is 0.139 e. The summed E-state index contributed by atoms with van der Waals surface area (Å²) in [5.41, 5.74) is 2.75. The lowest BCUT2D eigenvalue weighted by molar-refractivity contribution is 0.854. The van der Waals surface area contributed by atoms with Gasteiger partial charge in [0.25, 0.3) is 0 Å². The quantitative estimate of drug-likeness (QED) is 0.558. The van der Waals surface area contributed by atoms with Crippen molar-refractivity contribution in [3.05, 3.63) is 54.1 Å². The molecule has 0 bridgehead atoms. The van der Waals surface area contributed by atoms with E-state index in [4.69, 9.17) is 0 Å². The van der Waals surface area contributed by atoms with Gasteiger partial charge in [-0.3, -0.25) is 0 Å². The zero-order valence-electron chi connectivity index (χ0n) is 7.90. The lowest BCUT2D eigenvalue weighted by Crippen LogP contribution is -2.03. The van der Waals surface area contributed by atoms with Crippen LogP contribution in [0.3, 0.4) is 0 Å².